The number of rotatable bonds is 4. The summed E-state index contributed by atoms with van der Waals surface area (Å²) in [5.41, 5.74) is 0.113. The fourth-order valence-electron chi connectivity index (χ4n) is 1.73. The normalized spacial score (nSPS) is 12.0. The fourth-order valence-corrected chi connectivity index (χ4v) is 1.73. The lowest BCUT2D eigenvalue weighted by molar-refractivity contribution is -0.118. The van der Waals surface area contributed by atoms with Gasteiger partial charge in [0.15, 0.2) is 0 Å². The summed E-state index contributed by atoms with van der Waals surface area (Å²) >= 11 is 0. The van der Waals surface area contributed by atoms with Crippen LogP contribution >= 0.6 is 0 Å². The van der Waals surface area contributed by atoms with Crippen molar-refractivity contribution in [3.8, 4) is 12.3 Å². The van der Waals surface area contributed by atoms with Crippen LogP contribution in [-0.4, -0.2) is 23.6 Å². The summed E-state index contributed by atoms with van der Waals surface area (Å²) in [4.78, 5) is 24.0. The third-order valence-corrected chi connectivity index (χ3v) is 2.71. The Morgan fingerprint density at radius 2 is 2.04 bits per heavy atom. The second kappa shape index (κ2) is 7.63. The van der Waals surface area contributed by atoms with Crippen molar-refractivity contribution in [1.82, 2.24) is 5.32 Å². The van der Waals surface area contributed by atoms with E-state index in [0.29, 0.717) is 0 Å². The first kappa shape index (κ1) is 18.5. The Morgan fingerprint density at radius 3 is 2.61 bits per heavy atom. The Hall–Kier alpha value is -2.55. The van der Waals surface area contributed by atoms with Gasteiger partial charge in [0.05, 0.1) is 5.69 Å². The van der Waals surface area contributed by atoms with Crippen LogP contribution in [0.2, 0.25) is 0 Å². The predicted octanol–water partition coefficient (Wildman–Crippen LogP) is 2.99. The van der Waals surface area contributed by atoms with Crippen molar-refractivity contribution in [3.63, 3.8) is 0 Å². The maximum Gasteiger partial charge on any atom is 0.408 e. The molecule has 2 amide bonds. The molecular formula is C17H21FN2O3. The molecule has 2 N–H and O–H groups in total. The van der Waals surface area contributed by atoms with E-state index in [4.69, 9.17) is 11.2 Å². The molecule has 124 valence electrons. The zero-order chi connectivity index (χ0) is 17.6. The van der Waals surface area contributed by atoms with Crippen molar-refractivity contribution in [1.29, 1.82) is 0 Å². The molecule has 6 heteroatoms. The molecule has 0 saturated heterocycles. The van der Waals surface area contributed by atoms with Gasteiger partial charge in [-0.15, -0.1) is 12.3 Å². The van der Waals surface area contributed by atoms with E-state index in [-0.39, 0.29) is 12.1 Å². The Morgan fingerprint density at radius 1 is 1.39 bits per heavy atom. The summed E-state index contributed by atoms with van der Waals surface area (Å²) in [6.45, 7) is 6.87. The molecular weight excluding hydrogens is 299 g/mol. The number of carbonyl (C=O) groups is 2. The highest BCUT2D eigenvalue weighted by Gasteiger charge is 2.24. The van der Waals surface area contributed by atoms with Crippen LogP contribution in [0.3, 0.4) is 0 Å². The average Bonchev–Trinajstić information content (AvgIpc) is 2.40. The SMILES string of the molecule is C#CC[C@H](NC(=O)OC(C)(C)C)C(=O)Nc1cc(C)ccc1F. The molecule has 0 unspecified atom stereocenters. The number of halogens is 1. The summed E-state index contributed by atoms with van der Waals surface area (Å²) in [6, 6.07) is 3.31. The third-order valence-electron chi connectivity index (χ3n) is 2.71. The van der Waals surface area contributed by atoms with Crippen molar-refractivity contribution in [2.24, 2.45) is 0 Å². The second-order valence-electron chi connectivity index (χ2n) is 6.08. The lowest BCUT2D eigenvalue weighted by atomic mass is 10.1. The minimum atomic E-state index is -1.02. The molecule has 1 aromatic carbocycles. The number of alkyl carbamates (subject to hydrolysis) is 1. The van der Waals surface area contributed by atoms with E-state index in [9.17, 15) is 14.0 Å². The van der Waals surface area contributed by atoms with Crippen LogP contribution in [0.1, 0.15) is 32.8 Å². The molecule has 0 bridgehead atoms. The zero-order valence-corrected chi connectivity index (χ0v) is 13.7. The minimum absolute atomic E-state index is 0.0306. The standard InChI is InChI=1S/C17H21FN2O3/c1-6-7-13(20-16(22)23-17(3,4)5)15(21)19-14-10-11(2)8-9-12(14)18/h1,8-10,13H,7H2,2-5H3,(H,19,21)(H,20,22)/t13-/m0/s1. The van der Waals surface area contributed by atoms with Crippen LogP contribution in [0, 0.1) is 25.1 Å². The van der Waals surface area contributed by atoms with Gasteiger partial charge in [0.25, 0.3) is 0 Å². The van der Waals surface area contributed by atoms with E-state index < -0.39 is 29.5 Å². The molecule has 0 aliphatic heterocycles. The van der Waals surface area contributed by atoms with Gasteiger partial charge in [-0.05, 0) is 45.4 Å². The second-order valence-corrected chi connectivity index (χ2v) is 6.08. The molecule has 1 aromatic rings. The van der Waals surface area contributed by atoms with Crippen molar-refractivity contribution < 1.29 is 18.7 Å². The van der Waals surface area contributed by atoms with E-state index in [1.54, 1.807) is 33.8 Å². The number of nitrogens with one attached hydrogen (secondary N) is 2. The first-order valence-electron chi connectivity index (χ1n) is 7.12. The number of ether oxygens (including phenoxy) is 1. The quantitative estimate of drug-likeness (QED) is 0.838. The summed E-state index contributed by atoms with van der Waals surface area (Å²) in [5, 5.41) is 4.81. The maximum atomic E-state index is 13.7. The van der Waals surface area contributed by atoms with Gasteiger partial charge in [0.2, 0.25) is 5.91 Å². The highest BCUT2D eigenvalue weighted by atomic mass is 19.1. The Kier molecular flexibility index (Phi) is 6.14. The van der Waals surface area contributed by atoms with Crippen molar-refractivity contribution in [2.75, 3.05) is 5.32 Å². The molecule has 0 radical (unpaired) electrons. The molecule has 1 atom stereocenters. The zero-order valence-electron chi connectivity index (χ0n) is 13.7. The predicted molar refractivity (Wildman–Crippen MR) is 86.4 cm³/mol. The lowest BCUT2D eigenvalue weighted by Gasteiger charge is -2.22. The number of hydrogen-bond donors (Lipinski definition) is 2. The third kappa shape index (κ3) is 6.39. The van der Waals surface area contributed by atoms with Crippen LogP contribution in [0.5, 0.6) is 0 Å². The van der Waals surface area contributed by atoms with E-state index in [0.717, 1.165) is 5.56 Å². The summed E-state index contributed by atoms with van der Waals surface area (Å²) < 4.78 is 18.8. The molecule has 1 rings (SSSR count). The highest BCUT2D eigenvalue weighted by molar-refractivity contribution is 5.96. The van der Waals surface area contributed by atoms with Gasteiger partial charge in [0, 0.05) is 6.42 Å². The lowest BCUT2D eigenvalue weighted by Crippen LogP contribution is -2.45. The monoisotopic (exact) mass is 320 g/mol. The van der Waals surface area contributed by atoms with Gasteiger partial charge in [-0.25, -0.2) is 9.18 Å². The van der Waals surface area contributed by atoms with Gasteiger partial charge >= 0.3 is 6.09 Å². The topological polar surface area (TPSA) is 67.4 Å². The molecule has 0 aliphatic rings. The first-order valence-corrected chi connectivity index (χ1v) is 7.12. The van der Waals surface area contributed by atoms with Gasteiger partial charge in [-0.3, -0.25) is 4.79 Å². The van der Waals surface area contributed by atoms with Crippen LogP contribution < -0.4 is 10.6 Å². The molecule has 0 aliphatic carbocycles. The molecule has 0 saturated carbocycles. The smallest absolute Gasteiger partial charge is 0.408 e. The van der Waals surface area contributed by atoms with Gasteiger partial charge in [-0.1, -0.05) is 6.07 Å². The summed E-state index contributed by atoms with van der Waals surface area (Å²) in [7, 11) is 0. The number of carbonyl (C=O) groups excluding carboxylic acids is 2. The number of aryl methyl sites for hydroxylation is 1. The number of benzene rings is 1. The summed E-state index contributed by atoms with van der Waals surface area (Å²) in [6.07, 6.45) is 4.41. The number of terminal acetylenes is 1. The Bertz CT molecular complexity index is 630. The Balaban J connectivity index is 2.80. The number of hydrogen-bond acceptors (Lipinski definition) is 3. The van der Waals surface area contributed by atoms with Gasteiger partial charge in [-0.2, -0.15) is 0 Å². The first-order chi connectivity index (χ1) is 10.6. The maximum absolute atomic E-state index is 13.7. The molecule has 0 fully saturated rings. The number of amides is 2. The van der Waals surface area contributed by atoms with Crippen LogP contribution in [0.15, 0.2) is 18.2 Å². The number of anilines is 1. The van der Waals surface area contributed by atoms with Crippen LogP contribution in [0.25, 0.3) is 0 Å². The van der Waals surface area contributed by atoms with Gasteiger partial charge in [0.1, 0.15) is 17.5 Å². The van der Waals surface area contributed by atoms with E-state index >= 15 is 0 Å². The van der Waals surface area contributed by atoms with Crippen LogP contribution in [-0.2, 0) is 9.53 Å². The minimum Gasteiger partial charge on any atom is -0.444 e. The van der Waals surface area contributed by atoms with E-state index in [1.165, 1.54) is 12.1 Å². The Labute approximate surface area is 135 Å². The average molecular weight is 320 g/mol. The van der Waals surface area contributed by atoms with Crippen molar-refractivity contribution in [3.05, 3.63) is 29.6 Å². The summed E-state index contributed by atoms with van der Waals surface area (Å²) in [5.74, 6) is 1.12. The molecule has 0 spiro atoms. The van der Waals surface area contributed by atoms with Gasteiger partial charge < -0.3 is 15.4 Å². The molecule has 0 aromatic heterocycles. The molecule has 23 heavy (non-hydrogen) atoms. The molecule has 0 heterocycles. The van der Waals surface area contributed by atoms with Crippen molar-refractivity contribution >= 4 is 17.7 Å². The van der Waals surface area contributed by atoms with Crippen LogP contribution in [0.4, 0.5) is 14.9 Å². The van der Waals surface area contributed by atoms with E-state index in [1.807, 2.05) is 0 Å². The van der Waals surface area contributed by atoms with Crippen molar-refractivity contribution in [2.45, 2.75) is 45.8 Å². The fraction of sp³-hybridized carbons (Fsp3) is 0.412. The largest absolute Gasteiger partial charge is 0.444 e. The molecule has 5 nitrogen and oxygen atoms in total. The highest BCUT2D eigenvalue weighted by Crippen LogP contribution is 2.16. The van der Waals surface area contributed by atoms with E-state index in [2.05, 4.69) is 16.6 Å².